The average molecular weight is 316 g/mol. The Bertz CT molecular complexity index is 556. The Morgan fingerprint density at radius 2 is 1.83 bits per heavy atom. The highest BCUT2D eigenvalue weighted by Gasteiger charge is 2.25. The molecule has 122 valence electrons. The molecular weight excluding hydrogens is 295 g/mol. The van der Waals surface area contributed by atoms with Gasteiger partial charge in [-0.05, 0) is 25.2 Å². The lowest BCUT2D eigenvalue weighted by Gasteiger charge is -2.23. The third-order valence-electron chi connectivity index (χ3n) is 4.01. The minimum Gasteiger partial charge on any atom is -0.513 e. The molecular formula is C16H21BN2O4. The Hall–Kier alpha value is -2.31. The number of nitrogens with one attached hydrogen (secondary N) is 2. The number of benzene rings is 1. The Morgan fingerprint density at radius 1 is 1.17 bits per heavy atom. The summed E-state index contributed by atoms with van der Waals surface area (Å²) in [6.45, 7) is 1.77. The predicted molar refractivity (Wildman–Crippen MR) is 87.5 cm³/mol. The third-order valence-corrected chi connectivity index (χ3v) is 4.01. The first-order chi connectivity index (χ1) is 11.1. The van der Waals surface area contributed by atoms with Crippen molar-refractivity contribution in [3.63, 3.8) is 0 Å². The van der Waals surface area contributed by atoms with Gasteiger partial charge in [-0.25, -0.2) is 0 Å². The van der Waals surface area contributed by atoms with Gasteiger partial charge in [0.1, 0.15) is 0 Å². The number of Topliss-reactive ketones (excluding diaryl/α,β-unsaturated/α-hetero) is 1. The van der Waals surface area contributed by atoms with Gasteiger partial charge in [-0.1, -0.05) is 43.5 Å². The topological polar surface area (TPSA) is 84.5 Å². The molecule has 2 N–H and O–H groups in total. The van der Waals surface area contributed by atoms with E-state index >= 15 is 0 Å². The molecule has 2 rings (SSSR count). The van der Waals surface area contributed by atoms with Gasteiger partial charge in [0.15, 0.2) is 5.78 Å². The monoisotopic (exact) mass is 316 g/mol. The maximum atomic E-state index is 12.1. The highest BCUT2D eigenvalue weighted by Crippen LogP contribution is 2.17. The third kappa shape index (κ3) is 5.12. The van der Waals surface area contributed by atoms with Crippen molar-refractivity contribution in [3.05, 3.63) is 29.8 Å². The number of hydrogen-bond donors (Lipinski definition) is 2. The summed E-state index contributed by atoms with van der Waals surface area (Å²) in [6, 6.07) is 6.40. The van der Waals surface area contributed by atoms with Crippen LogP contribution in [0.4, 0.5) is 4.79 Å². The highest BCUT2D eigenvalue weighted by molar-refractivity contribution is 6.68. The van der Waals surface area contributed by atoms with E-state index in [9.17, 15) is 14.4 Å². The summed E-state index contributed by atoms with van der Waals surface area (Å²) in [5.74, 6) is -0.0487. The zero-order valence-electron chi connectivity index (χ0n) is 13.2. The molecule has 1 aliphatic carbocycles. The summed E-state index contributed by atoms with van der Waals surface area (Å²) in [4.78, 5) is 34.0. The normalized spacial score (nSPS) is 14.7. The molecule has 23 heavy (non-hydrogen) atoms. The number of hydrogen-bond acceptors (Lipinski definition) is 4. The quantitative estimate of drug-likeness (QED) is 0.472. The highest BCUT2D eigenvalue weighted by atomic mass is 16.5. The number of ketones is 1. The number of carbonyl (C=O) groups is 3. The van der Waals surface area contributed by atoms with Gasteiger partial charge in [-0.3, -0.25) is 14.4 Å². The molecule has 1 aliphatic rings. The molecule has 0 bridgehead atoms. The molecule has 2 amide bonds. The van der Waals surface area contributed by atoms with E-state index in [0.717, 1.165) is 25.7 Å². The fourth-order valence-electron chi connectivity index (χ4n) is 2.74. The minimum absolute atomic E-state index is 0.0487. The van der Waals surface area contributed by atoms with Crippen LogP contribution in [0.2, 0.25) is 0 Å². The van der Waals surface area contributed by atoms with Crippen molar-refractivity contribution in [3.8, 4) is 0 Å². The molecule has 1 fully saturated rings. The first kappa shape index (κ1) is 17.1. The molecule has 0 aromatic heterocycles. The molecule has 1 saturated carbocycles. The van der Waals surface area contributed by atoms with Crippen LogP contribution in [0.1, 0.15) is 49.4 Å². The Kier molecular flexibility index (Phi) is 6.20. The molecule has 0 aliphatic heterocycles. The first-order valence-corrected chi connectivity index (χ1v) is 7.87. The van der Waals surface area contributed by atoms with E-state index in [4.69, 9.17) is 4.65 Å². The summed E-state index contributed by atoms with van der Waals surface area (Å²) in [5.41, 5.74) is 1.16. The SMILES string of the molecule is CC(=O)c1ccc(B(NC(=O)NC2CCCCC2)OC=O)cc1. The number of urea groups is 1. The Morgan fingerprint density at radius 3 is 2.39 bits per heavy atom. The van der Waals surface area contributed by atoms with E-state index in [1.807, 2.05) is 0 Å². The van der Waals surface area contributed by atoms with Crippen molar-refractivity contribution in [1.82, 2.24) is 10.5 Å². The van der Waals surface area contributed by atoms with Crippen molar-refractivity contribution in [2.45, 2.75) is 45.1 Å². The van der Waals surface area contributed by atoms with Gasteiger partial charge in [0.05, 0.1) is 0 Å². The lowest BCUT2D eigenvalue weighted by Crippen LogP contribution is -2.55. The summed E-state index contributed by atoms with van der Waals surface area (Å²) >= 11 is 0. The van der Waals surface area contributed by atoms with E-state index in [-0.39, 0.29) is 17.9 Å². The van der Waals surface area contributed by atoms with Crippen molar-refractivity contribution in [2.75, 3.05) is 0 Å². The van der Waals surface area contributed by atoms with E-state index in [0.29, 0.717) is 17.5 Å². The fourth-order valence-corrected chi connectivity index (χ4v) is 2.74. The van der Waals surface area contributed by atoms with Gasteiger partial charge in [0, 0.05) is 11.6 Å². The molecule has 1 aromatic rings. The standard InChI is InChI=1S/C16H21BN2O4/c1-12(21)13-7-9-14(10-8-13)17(23-11-20)19-16(22)18-15-5-3-2-4-6-15/h7-11,15H,2-6H2,1H3,(H2,18,19,22). The van der Waals surface area contributed by atoms with Crippen molar-refractivity contribution in [1.29, 1.82) is 0 Å². The van der Waals surface area contributed by atoms with Crippen LogP contribution in [0.25, 0.3) is 0 Å². The lowest BCUT2D eigenvalue weighted by atomic mass is 9.73. The van der Waals surface area contributed by atoms with Crippen LogP contribution >= 0.6 is 0 Å². The van der Waals surface area contributed by atoms with Crippen LogP contribution in [-0.2, 0) is 9.45 Å². The minimum atomic E-state index is -0.878. The number of rotatable bonds is 6. The molecule has 0 radical (unpaired) electrons. The Labute approximate surface area is 136 Å². The van der Waals surface area contributed by atoms with Crippen molar-refractivity contribution >= 4 is 30.8 Å². The molecule has 7 heteroatoms. The van der Waals surface area contributed by atoms with Gasteiger partial charge < -0.3 is 15.2 Å². The Balaban J connectivity index is 1.98. The molecule has 6 nitrogen and oxygen atoms in total. The van der Waals surface area contributed by atoms with E-state index in [2.05, 4.69) is 10.5 Å². The van der Waals surface area contributed by atoms with Crippen LogP contribution in [0, 0.1) is 0 Å². The molecule has 0 unspecified atom stereocenters. The molecule has 0 saturated heterocycles. The van der Waals surface area contributed by atoms with E-state index in [1.54, 1.807) is 24.3 Å². The van der Waals surface area contributed by atoms with Crippen molar-refractivity contribution in [2.24, 2.45) is 0 Å². The zero-order chi connectivity index (χ0) is 16.7. The maximum Gasteiger partial charge on any atom is 0.522 e. The van der Waals surface area contributed by atoms with Crippen LogP contribution < -0.4 is 16.0 Å². The summed E-state index contributed by atoms with van der Waals surface area (Å²) in [6.07, 6.45) is 5.39. The van der Waals surface area contributed by atoms with Gasteiger partial charge in [-0.15, -0.1) is 0 Å². The second-order valence-electron chi connectivity index (χ2n) is 5.74. The van der Waals surface area contributed by atoms with Crippen molar-refractivity contribution < 1.29 is 19.0 Å². The van der Waals surface area contributed by atoms with E-state index < -0.39 is 7.05 Å². The first-order valence-electron chi connectivity index (χ1n) is 7.87. The van der Waals surface area contributed by atoms with Gasteiger partial charge in [-0.2, -0.15) is 0 Å². The molecule has 0 atom stereocenters. The summed E-state index contributed by atoms with van der Waals surface area (Å²) < 4.78 is 4.95. The van der Waals surface area contributed by atoms with E-state index in [1.165, 1.54) is 13.3 Å². The number of carbonyl (C=O) groups excluding carboxylic acids is 3. The maximum absolute atomic E-state index is 12.1. The van der Waals surface area contributed by atoms with Gasteiger partial charge in [0.25, 0.3) is 6.47 Å². The number of amides is 2. The van der Waals surface area contributed by atoms with Gasteiger partial charge in [0.2, 0.25) is 0 Å². The lowest BCUT2D eigenvalue weighted by molar-refractivity contribution is -0.121. The summed E-state index contributed by atoms with van der Waals surface area (Å²) in [7, 11) is -0.878. The second kappa shape index (κ2) is 8.36. The largest absolute Gasteiger partial charge is 0.522 e. The van der Waals surface area contributed by atoms with Gasteiger partial charge >= 0.3 is 13.1 Å². The van der Waals surface area contributed by atoms with Crippen LogP contribution in [0.3, 0.4) is 0 Å². The van der Waals surface area contributed by atoms with Crippen LogP contribution in [0.15, 0.2) is 24.3 Å². The molecule has 0 spiro atoms. The average Bonchev–Trinajstić information content (AvgIpc) is 2.55. The smallest absolute Gasteiger partial charge is 0.513 e. The summed E-state index contributed by atoms with van der Waals surface area (Å²) in [5, 5.41) is 5.55. The van der Waals surface area contributed by atoms with Crippen LogP contribution in [0.5, 0.6) is 0 Å². The predicted octanol–water partition coefficient (Wildman–Crippen LogP) is 1.39. The fraction of sp³-hybridized carbons (Fsp3) is 0.438. The molecule has 0 heterocycles. The second-order valence-corrected chi connectivity index (χ2v) is 5.74. The zero-order valence-corrected chi connectivity index (χ0v) is 13.2. The molecule has 1 aromatic carbocycles. The van der Waals surface area contributed by atoms with Crippen LogP contribution in [-0.4, -0.2) is 31.4 Å².